The lowest BCUT2D eigenvalue weighted by Crippen LogP contribution is -2.25. The third-order valence-corrected chi connectivity index (χ3v) is 4.68. The summed E-state index contributed by atoms with van der Waals surface area (Å²) in [7, 11) is 0. The molecule has 2 heterocycles. The molecule has 1 aromatic heterocycles. The molecule has 4 rings (SSSR count). The molecule has 0 bridgehead atoms. The Hall–Kier alpha value is -1.39. The van der Waals surface area contributed by atoms with Gasteiger partial charge in [-0.25, -0.2) is 9.97 Å². The van der Waals surface area contributed by atoms with Crippen molar-refractivity contribution in [3.05, 3.63) is 29.5 Å². The van der Waals surface area contributed by atoms with Gasteiger partial charge in [-0.1, -0.05) is 12.1 Å². The Morgan fingerprint density at radius 1 is 1.19 bits per heavy atom. The molecule has 0 amide bonds. The van der Waals surface area contributed by atoms with Gasteiger partial charge in [-0.15, -0.1) is 0 Å². The van der Waals surface area contributed by atoms with Gasteiger partial charge >= 0.3 is 0 Å². The third-order valence-electron chi connectivity index (χ3n) is 4.51. The molecule has 2 aromatic rings. The monoisotopic (exact) mass is 302 g/mol. The number of hydrogen-bond acceptors (Lipinski definition) is 4. The van der Waals surface area contributed by atoms with Crippen LogP contribution in [0.5, 0.6) is 0 Å². The van der Waals surface area contributed by atoms with Gasteiger partial charge < -0.3 is 10.2 Å². The van der Waals surface area contributed by atoms with Crippen LogP contribution in [0.4, 0.5) is 5.82 Å². The van der Waals surface area contributed by atoms with Crippen molar-refractivity contribution in [2.45, 2.75) is 25.3 Å². The molecular formula is C16H19ClN4. The van der Waals surface area contributed by atoms with Gasteiger partial charge in [0.25, 0.3) is 0 Å². The standard InChI is InChI=1S/C16H19ClN4/c17-16-19-14-4-2-1-3-13(14)15(20-16)18-9-11-7-8-21(10-11)12-5-6-12/h1-4,11-12H,5-10H2,(H,18,19,20). The van der Waals surface area contributed by atoms with E-state index in [1.54, 1.807) is 0 Å². The first-order valence-corrected chi connectivity index (χ1v) is 8.07. The summed E-state index contributed by atoms with van der Waals surface area (Å²) in [5.41, 5.74) is 0.894. The van der Waals surface area contributed by atoms with E-state index in [0.29, 0.717) is 11.2 Å². The number of fused-ring (bicyclic) bond motifs is 1. The van der Waals surface area contributed by atoms with E-state index in [1.807, 2.05) is 24.3 Å². The number of rotatable bonds is 4. The number of benzene rings is 1. The van der Waals surface area contributed by atoms with Gasteiger partial charge in [0.2, 0.25) is 5.28 Å². The lowest BCUT2D eigenvalue weighted by atomic mass is 10.1. The van der Waals surface area contributed by atoms with E-state index in [2.05, 4.69) is 20.2 Å². The highest BCUT2D eigenvalue weighted by Gasteiger charge is 2.34. The molecule has 1 saturated heterocycles. The Bertz CT molecular complexity index is 656. The zero-order valence-corrected chi connectivity index (χ0v) is 12.7. The van der Waals surface area contributed by atoms with Crippen LogP contribution in [-0.2, 0) is 0 Å². The van der Waals surface area contributed by atoms with Crippen molar-refractivity contribution in [1.82, 2.24) is 14.9 Å². The fourth-order valence-corrected chi connectivity index (χ4v) is 3.40. The number of hydrogen-bond donors (Lipinski definition) is 1. The molecule has 1 aliphatic carbocycles. The zero-order valence-electron chi connectivity index (χ0n) is 11.9. The van der Waals surface area contributed by atoms with Gasteiger partial charge in [-0.2, -0.15) is 0 Å². The Labute approximate surface area is 129 Å². The second-order valence-electron chi connectivity index (χ2n) is 6.12. The molecular weight excluding hydrogens is 284 g/mol. The van der Waals surface area contributed by atoms with Crippen molar-refractivity contribution in [2.24, 2.45) is 5.92 Å². The SMILES string of the molecule is Clc1nc(NCC2CCN(C3CC3)C2)c2ccccc2n1. The van der Waals surface area contributed by atoms with Crippen LogP contribution in [-0.4, -0.2) is 40.5 Å². The van der Waals surface area contributed by atoms with E-state index in [-0.39, 0.29) is 0 Å². The second-order valence-corrected chi connectivity index (χ2v) is 6.46. The molecule has 2 aliphatic rings. The second kappa shape index (κ2) is 5.43. The Balaban J connectivity index is 1.47. The number of aromatic nitrogens is 2. The van der Waals surface area contributed by atoms with E-state index in [1.165, 1.54) is 32.4 Å². The number of likely N-dealkylation sites (tertiary alicyclic amines) is 1. The van der Waals surface area contributed by atoms with E-state index in [4.69, 9.17) is 11.6 Å². The summed E-state index contributed by atoms with van der Waals surface area (Å²) in [5, 5.41) is 4.84. The predicted octanol–water partition coefficient (Wildman–Crippen LogP) is 3.18. The number of nitrogens with zero attached hydrogens (tertiary/aromatic N) is 3. The Kier molecular flexibility index (Phi) is 3.43. The van der Waals surface area contributed by atoms with Gasteiger partial charge in [-0.3, -0.25) is 0 Å². The fraction of sp³-hybridized carbons (Fsp3) is 0.500. The van der Waals surface area contributed by atoms with Crippen LogP contribution in [0.15, 0.2) is 24.3 Å². The third kappa shape index (κ3) is 2.83. The van der Waals surface area contributed by atoms with Crippen molar-refractivity contribution in [3.8, 4) is 0 Å². The largest absolute Gasteiger partial charge is 0.369 e. The highest BCUT2D eigenvalue weighted by atomic mass is 35.5. The van der Waals surface area contributed by atoms with Crippen molar-refractivity contribution < 1.29 is 0 Å². The molecule has 2 fully saturated rings. The van der Waals surface area contributed by atoms with Crippen LogP contribution in [0.25, 0.3) is 10.9 Å². The minimum Gasteiger partial charge on any atom is -0.369 e. The highest BCUT2D eigenvalue weighted by molar-refractivity contribution is 6.28. The highest BCUT2D eigenvalue weighted by Crippen LogP contribution is 2.32. The van der Waals surface area contributed by atoms with Crippen molar-refractivity contribution in [3.63, 3.8) is 0 Å². The van der Waals surface area contributed by atoms with Gasteiger partial charge in [0.05, 0.1) is 5.52 Å². The summed E-state index contributed by atoms with van der Waals surface area (Å²) in [4.78, 5) is 11.3. The quantitative estimate of drug-likeness (QED) is 0.881. The van der Waals surface area contributed by atoms with E-state index in [0.717, 1.165) is 29.3 Å². The maximum absolute atomic E-state index is 6.02. The first-order chi connectivity index (χ1) is 10.3. The summed E-state index contributed by atoms with van der Waals surface area (Å²) in [6.45, 7) is 3.43. The molecule has 0 radical (unpaired) electrons. The summed E-state index contributed by atoms with van der Waals surface area (Å²) >= 11 is 6.02. The predicted molar refractivity (Wildman–Crippen MR) is 85.7 cm³/mol. The molecule has 1 unspecified atom stereocenters. The Morgan fingerprint density at radius 2 is 2.05 bits per heavy atom. The maximum atomic E-state index is 6.02. The molecule has 0 spiro atoms. The molecule has 4 nitrogen and oxygen atoms in total. The molecule has 1 saturated carbocycles. The molecule has 1 aliphatic heterocycles. The maximum Gasteiger partial charge on any atom is 0.224 e. The van der Waals surface area contributed by atoms with Gasteiger partial charge in [0.15, 0.2) is 0 Å². The number of halogens is 1. The summed E-state index contributed by atoms with van der Waals surface area (Å²) in [6, 6.07) is 8.87. The molecule has 5 heteroatoms. The summed E-state index contributed by atoms with van der Waals surface area (Å²) in [5.74, 6) is 1.56. The normalized spacial score (nSPS) is 22.8. The van der Waals surface area contributed by atoms with Crippen LogP contribution in [0.2, 0.25) is 5.28 Å². The van der Waals surface area contributed by atoms with Crippen molar-refractivity contribution in [2.75, 3.05) is 25.0 Å². The molecule has 1 N–H and O–H groups in total. The Morgan fingerprint density at radius 3 is 2.90 bits per heavy atom. The van der Waals surface area contributed by atoms with E-state index >= 15 is 0 Å². The molecule has 21 heavy (non-hydrogen) atoms. The average Bonchev–Trinajstić information content (AvgIpc) is 3.24. The van der Waals surface area contributed by atoms with Gasteiger partial charge in [0, 0.05) is 24.5 Å². The molecule has 110 valence electrons. The van der Waals surface area contributed by atoms with Crippen molar-refractivity contribution in [1.29, 1.82) is 0 Å². The van der Waals surface area contributed by atoms with Gasteiger partial charge in [0.1, 0.15) is 5.82 Å². The molecule has 1 aromatic carbocycles. The fourth-order valence-electron chi connectivity index (χ4n) is 3.22. The van der Waals surface area contributed by atoms with Crippen LogP contribution in [0, 0.1) is 5.92 Å². The first kappa shape index (κ1) is 13.3. The van der Waals surface area contributed by atoms with Crippen LogP contribution >= 0.6 is 11.6 Å². The lowest BCUT2D eigenvalue weighted by molar-refractivity contribution is 0.316. The smallest absolute Gasteiger partial charge is 0.224 e. The van der Waals surface area contributed by atoms with Crippen LogP contribution in [0.3, 0.4) is 0 Å². The number of nitrogens with one attached hydrogen (secondary N) is 1. The minimum atomic E-state index is 0.308. The lowest BCUT2D eigenvalue weighted by Gasteiger charge is -2.16. The summed E-state index contributed by atoms with van der Waals surface area (Å²) < 4.78 is 0. The van der Waals surface area contributed by atoms with E-state index in [9.17, 15) is 0 Å². The number of para-hydroxylation sites is 1. The zero-order chi connectivity index (χ0) is 14.2. The van der Waals surface area contributed by atoms with Crippen LogP contribution < -0.4 is 5.32 Å². The van der Waals surface area contributed by atoms with Gasteiger partial charge in [-0.05, 0) is 55.5 Å². The average molecular weight is 303 g/mol. The van der Waals surface area contributed by atoms with E-state index < -0.39 is 0 Å². The number of anilines is 1. The first-order valence-electron chi connectivity index (χ1n) is 7.70. The summed E-state index contributed by atoms with van der Waals surface area (Å²) in [6.07, 6.45) is 4.07. The van der Waals surface area contributed by atoms with Crippen LogP contribution in [0.1, 0.15) is 19.3 Å². The topological polar surface area (TPSA) is 41.1 Å². The van der Waals surface area contributed by atoms with Crippen molar-refractivity contribution >= 4 is 28.3 Å². The molecule has 1 atom stereocenters. The minimum absolute atomic E-state index is 0.308.